The van der Waals surface area contributed by atoms with Crippen molar-refractivity contribution in [3.8, 4) is 0 Å². The number of aromatic nitrogens is 2. The Morgan fingerprint density at radius 2 is 1.66 bits per heavy atom. The van der Waals surface area contributed by atoms with Crippen molar-refractivity contribution in [1.29, 1.82) is 0 Å². The van der Waals surface area contributed by atoms with Crippen LogP contribution in [0, 0.1) is 20.8 Å². The summed E-state index contributed by atoms with van der Waals surface area (Å²) in [6.45, 7) is 6.36. The second kappa shape index (κ2) is 9.39. The number of rotatable bonds is 5. The Kier molecular flexibility index (Phi) is 6.90. The highest BCUT2D eigenvalue weighted by Crippen LogP contribution is 2.24. The van der Waals surface area contributed by atoms with Gasteiger partial charge < -0.3 is 20.9 Å². The third-order valence-corrected chi connectivity index (χ3v) is 5.63. The van der Waals surface area contributed by atoms with Crippen LogP contribution in [0.2, 0.25) is 0 Å². The van der Waals surface area contributed by atoms with Crippen molar-refractivity contribution in [2.24, 2.45) is 0 Å². The average Bonchev–Trinajstić information content (AvgIpc) is 2.66. The molecule has 2 aromatic rings. The van der Waals surface area contributed by atoms with Crippen LogP contribution in [0.15, 0.2) is 24.4 Å². The van der Waals surface area contributed by atoms with Crippen LogP contribution in [0.5, 0.6) is 0 Å². The summed E-state index contributed by atoms with van der Waals surface area (Å²) in [5, 5.41) is 11.1. The number of benzene rings is 1. The van der Waals surface area contributed by atoms with Crippen LogP contribution in [-0.2, 0) is 0 Å². The lowest BCUT2D eigenvalue weighted by Crippen LogP contribution is -2.42. The topological polar surface area (TPSA) is 65.1 Å². The van der Waals surface area contributed by atoms with E-state index in [0.29, 0.717) is 23.1 Å². The zero-order chi connectivity index (χ0) is 21.0. The smallest absolute Gasteiger partial charge is 0.224 e. The van der Waals surface area contributed by atoms with Gasteiger partial charge in [0.05, 0.1) is 0 Å². The van der Waals surface area contributed by atoms with Gasteiger partial charge in [-0.2, -0.15) is 4.98 Å². The Morgan fingerprint density at radius 1 is 1.03 bits per heavy atom. The molecule has 29 heavy (non-hydrogen) atoms. The SMILES string of the molecule is Cc1cc(C)c(NC(=S)N[C@H]2CC[C@@H](Nc3nccc(N(C)C)n3)CC2)c(C)c1. The van der Waals surface area contributed by atoms with Crippen molar-refractivity contribution in [2.75, 3.05) is 29.6 Å². The summed E-state index contributed by atoms with van der Waals surface area (Å²) in [4.78, 5) is 10.9. The van der Waals surface area contributed by atoms with Crippen LogP contribution in [0.25, 0.3) is 0 Å². The lowest BCUT2D eigenvalue weighted by Gasteiger charge is -2.30. The molecule has 3 N–H and O–H groups in total. The summed E-state index contributed by atoms with van der Waals surface area (Å²) in [6, 6.07) is 7.07. The summed E-state index contributed by atoms with van der Waals surface area (Å²) < 4.78 is 0. The second-order valence-corrected chi connectivity index (χ2v) is 8.61. The first-order valence-electron chi connectivity index (χ1n) is 10.2. The van der Waals surface area contributed by atoms with Crippen molar-refractivity contribution >= 4 is 34.8 Å². The maximum absolute atomic E-state index is 5.58. The molecule has 0 radical (unpaired) electrons. The number of anilines is 3. The zero-order valence-electron chi connectivity index (χ0n) is 18.0. The van der Waals surface area contributed by atoms with E-state index < -0.39 is 0 Å². The number of nitrogens with one attached hydrogen (secondary N) is 3. The molecule has 0 bridgehead atoms. The molecule has 0 amide bonds. The minimum absolute atomic E-state index is 0.396. The molecule has 0 aliphatic heterocycles. The van der Waals surface area contributed by atoms with Crippen molar-refractivity contribution in [1.82, 2.24) is 15.3 Å². The van der Waals surface area contributed by atoms with Crippen molar-refractivity contribution in [3.05, 3.63) is 41.1 Å². The molecule has 1 saturated carbocycles. The van der Waals surface area contributed by atoms with E-state index >= 15 is 0 Å². The van der Waals surface area contributed by atoms with Gasteiger partial charge in [0.25, 0.3) is 0 Å². The standard InChI is InChI=1S/C22H32N6S/c1-14-12-15(2)20(16(3)13-14)27-22(29)25-18-8-6-17(7-9-18)24-21-23-11-10-19(26-21)28(4)5/h10-13,17-18H,6-9H2,1-5H3,(H,23,24,26)(H2,25,27,29)/t17-,18+. The largest absolute Gasteiger partial charge is 0.363 e. The van der Waals surface area contributed by atoms with Gasteiger partial charge in [0.1, 0.15) is 5.82 Å². The fraction of sp³-hybridized carbons (Fsp3) is 0.500. The van der Waals surface area contributed by atoms with Crippen LogP contribution in [0.3, 0.4) is 0 Å². The molecule has 6 nitrogen and oxygen atoms in total. The minimum atomic E-state index is 0.396. The van der Waals surface area contributed by atoms with Crippen LogP contribution in [-0.4, -0.2) is 41.3 Å². The Morgan fingerprint density at radius 3 is 2.28 bits per heavy atom. The van der Waals surface area contributed by atoms with Crippen molar-refractivity contribution in [2.45, 2.75) is 58.5 Å². The second-order valence-electron chi connectivity index (χ2n) is 8.20. The molecule has 1 aromatic carbocycles. The van der Waals surface area contributed by atoms with Crippen molar-refractivity contribution in [3.63, 3.8) is 0 Å². The van der Waals surface area contributed by atoms with E-state index in [-0.39, 0.29) is 0 Å². The van der Waals surface area contributed by atoms with Gasteiger partial charge in [-0.1, -0.05) is 17.7 Å². The maximum atomic E-state index is 5.58. The van der Waals surface area contributed by atoms with E-state index in [4.69, 9.17) is 12.2 Å². The first kappa shape index (κ1) is 21.3. The third-order valence-electron chi connectivity index (χ3n) is 5.41. The molecule has 7 heteroatoms. The van der Waals surface area contributed by atoms with E-state index in [1.54, 1.807) is 6.20 Å². The minimum Gasteiger partial charge on any atom is -0.363 e. The zero-order valence-corrected chi connectivity index (χ0v) is 18.9. The van der Waals surface area contributed by atoms with Crippen molar-refractivity contribution < 1.29 is 0 Å². The molecule has 1 heterocycles. The van der Waals surface area contributed by atoms with Gasteiger partial charge in [-0.3, -0.25) is 0 Å². The summed E-state index contributed by atoms with van der Waals surface area (Å²) >= 11 is 5.58. The normalized spacial score (nSPS) is 18.8. The maximum Gasteiger partial charge on any atom is 0.224 e. The molecule has 0 saturated heterocycles. The van der Waals surface area contributed by atoms with E-state index in [9.17, 15) is 0 Å². The van der Waals surface area contributed by atoms with Crippen LogP contribution in [0.1, 0.15) is 42.4 Å². The quantitative estimate of drug-likeness (QED) is 0.637. The Bertz CT molecular complexity index is 835. The highest BCUT2D eigenvalue weighted by Gasteiger charge is 2.22. The van der Waals surface area contributed by atoms with Crippen LogP contribution in [0.4, 0.5) is 17.5 Å². The number of hydrogen-bond acceptors (Lipinski definition) is 5. The molecule has 156 valence electrons. The first-order chi connectivity index (χ1) is 13.8. The summed E-state index contributed by atoms with van der Waals surface area (Å²) in [7, 11) is 3.97. The van der Waals surface area contributed by atoms with Gasteiger partial charge >= 0.3 is 0 Å². The van der Waals surface area contributed by atoms with Crippen LogP contribution >= 0.6 is 12.2 Å². The lowest BCUT2D eigenvalue weighted by molar-refractivity contribution is 0.387. The fourth-order valence-electron chi connectivity index (χ4n) is 3.94. The lowest BCUT2D eigenvalue weighted by atomic mass is 9.91. The number of thiocarbonyl (C=S) groups is 1. The summed E-state index contributed by atoms with van der Waals surface area (Å²) in [6.07, 6.45) is 6.07. The Hall–Kier alpha value is -2.41. The molecular formula is C22H32N6S. The molecule has 0 unspecified atom stereocenters. The molecule has 3 rings (SSSR count). The van der Waals surface area contributed by atoms with E-state index in [0.717, 1.165) is 37.2 Å². The molecular weight excluding hydrogens is 380 g/mol. The Labute approximate surface area is 179 Å². The molecule has 1 fully saturated rings. The van der Waals surface area contributed by atoms with Gasteiger partial charge in [-0.25, -0.2) is 4.98 Å². The molecule has 1 aliphatic rings. The molecule has 0 atom stereocenters. The number of aryl methyl sites for hydroxylation is 3. The predicted molar refractivity (Wildman–Crippen MR) is 126 cm³/mol. The van der Waals surface area contributed by atoms with Gasteiger partial charge in [-0.05, 0) is 75.9 Å². The van der Waals surface area contributed by atoms with E-state index in [1.807, 2.05) is 25.1 Å². The Balaban J connectivity index is 1.48. The van der Waals surface area contributed by atoms with E-state index in [2.05, 4.69) is 58.8 Å². The highest BCUT2D eigenvalue weighted by molar-refractivity contribution is 7.80. The highest BCUT2D eigenvalue weighted by atomic mass is 32.1. The molecule has 1 aromatic heterocycles. The first-order valence-corrected chi connectivity index (χ1v) is 10.6. The predicted octanol–water partition coefficient (Wildman–Crippen LogP) is 4.18. The molecule has 1 aliphatic carbocycles. The third kappa shape index (κ3) is 5.79. The van der Waals surface area contributed by atoms with Crippen LogP contribution < -0.4 is 20.9 Å². The van der Waals surface area contributed by atoms with Gasteiger partial charge in [0.15, 0.2) is 5.11 Å². The monoisotopic (exact) mass is 412 g/mol. The number of nitrogens with zero attached hydrogens (tertiary/aromatic N) is 3. The van der Waals surface area contributed by atoms with Gasteiger partial charge in [0, 0.05) is 38.1 Å². The summed E-state index contributed by atoms with van der Waals surface area (Å²) in [5.41, 5.74) is 4.83. The average molecular weight is 413 g/mol. The van der Waals surface area contributed by atoms with Gasteiger partial charge in [-0.15, -0.1) is 0 Å². The fourth-order valence-corrected chi connectivity index (χ4v) is 4.21. The van der Waals surface area contributed by atoms with E-state index in [1.165, 1.54) is 16.7 Å². The summed E-state index contributed by atoms with van der Waals surface area (Å²) in [5.74, 6) is 1.62. The number of hydrogen-bond donors (Lipinski definition) is 3. The molecule has 0 spiro atoms. The van der Waals surface area contributed by atoms with Gasteiger partial charge in [0.2, 0.25) is 5.95 Å².